The van der Waals surface area contributed by atoms with Crippen LogP contribution < -0.4 is 0 Å². The highest BCUT2D eigenvalue weighted by Gasteiger charge is 2.15. The molecular formula is C32H31N3O. The number of Topliss-reactive ketones (excluding diaryl/α,β-unsaturated/α-hetero) is 1. The molecule has 2 heterocycles. The number of aryl methyl sites for hydroxylation is 1. The lowest BCUT2D eigenvalue weighted by molar-refractivity contribution is 0.0984. The molecule has 0 fully saturated rings. The second-order valence-corrected chi connectivity index (χ2v) is 9.63. The van der Waals surface area contributed by atoms with Crippen LogP contribution in [0.2, 0.25) is 0 Å². The summed E-state index contributed by atoms with van der Waals surface area (Å²) in [6.07, 6.45) is 15.4. The van der Waals surface area contributed by atoms with Crippen LogP contribution in [0.15, 0.2) is 66.1 Å². The maximum Gasteiger partial charge on any atom is 0.163 e. The lowest BCUT2D eigenvalue weighted by Crippen LogP contribution is -2.08. The van der Waals surface area contributed by atoms with Gasteiger partial charge in [-0.1, -0.05) is 24.3 Å². The molecule has 2 aromatic heterocycles. The Hall–Kier alpha value is -4.01. The number of rotatable bonds is 7. The first-order valence-corrected chi connectivity index (χ1v) is 12.7. The molecule has 3 aromatic rings. The molecule has 2 aliphatic rings. The van der Waals surface area contributed by atoms with E-state index in [1.165, 1.54) is 30.4 Å². The van der Waals surface area contributed by atoms with Crippen LogP contribution in [0.4, 0.5) is 0 Å². The highest BCUT2D eigenvalue weighted by Crippen LogP contribution is 2.31. The summed E-state index contributed by atoms with van der Waals surface area (Å²) in [7, 11) is 0. The zero-order chi connectivity index (χ0) is 25.1. The Morgan fingerprint density at radius 3 is 2.78 bits per heavy atom. The first kappa shape index (κ1) is 23.7. The van der Waals surface area contributed by atoms with Gasteiger partial charge in [0, 0.05) is 52.5 Å². The van der Waals surface area contributed by atoms with Gasteiger partial charge < -0.3 is 10.4 Å². The van der Waals surface area contributed by atoms with Crippen molar-refractivity contribution in [2.45, 2.75) is 52.4 Å². The Kier molecular flexibility index (Phi) is 6.79. The van der Waals surface area contributed by atoms with Crippen LogP contribution in [-0.2, 0) is 0 Å². The van der Waals surface area contributed by atoms with Gasteiger partial charge in [0.15, 0.2) is 5.78 Å². The number of pyridine rings is 1. The van der Waals surface area contributed by atoms with Crippen LogP contribution in [0.25, 0.3) is 29.0 Å². The first-order valence-electron chi connectivity index (χ1n) is 12.7. The lowest BCUT2D eigenvalue weighted by atomic mass is 9.92. The van der Waals surface area contributed by atoms with Gasteiger partial charge in [0.1, 0.15) is 0 Å². The van der Waals surface area contributed by atoms with Crippen molar-refractivity contribution < 1.29 is 4.79 Å². The fourth-order valence-corrected chi connectivity index (χ4v) is 4.93. The fourth-order valence-electron chi connectivity index (χ4n) is 4.93. The third-order valence-electron chi connectivity index (χ3n) is 7.20. The predicted octanol–water partition coefficient (Wildman–Crippen LogP) is 7.90. The van der Waals surface area contributed by atoms with Crippen molar-refractivity contribution in [2.24, 2.45) is 0 Å². The highest BCUT2D eigenvalue weighted by atomic mass is 16.1. The quantitative estimate of drug-likeness (QED) is 0.208. The number of ketones is 1. The van der Waals surface area contributed by atoms with Gasteiger partial charge in [-0.2, -0.15) is 0 Å². The number of hydrogen-bond donors (Lipinski definition) is 2. The summed E-state index contributed by atoms with van der Waals surface area (Å²) >= 11 is 0. The molecule has 4 nitrogen and oxygen atoms in total. The van der Waals surface area contributed by atoms with Crippen LogP contribution in [-0.4, -0.2) is 21.5 Å². The van der Waals surface area contributed by atoms with Gasteiger partial charge in [0.05, 0.1) is 5.69 Å². The number of nitrogens with zero attached hydrogens (tertiary/aromatic N) is 1. The van der Waals surface area contributed by atoms with E-state index in [1.807, 2.05) is 32.1 Å². The van der Waals surface area contributed by atoms with Crippen LogP contribution in [0.1, 0.15) is 77.0 Å². The van der Waals surface area contributed by atoms with Gasteiger partial charge in [-0.15, -0.1) is 5.73 Å². The van der Waals surface area contributed by atoms with Crippen molar-refractivity contribution in [1.82, 2.24) is 9.97 Å². The fraction of sp³-hybridized carbons (Fsp3) is 0.250. The van der Waals surface area contributed by atoms with E-state index in [0.29, 0.717) is 24.1 Å². The lowest BCUT2D eigenvalue weighted by Gasteiger charge is -2.13. The summed E-state index contributed by atoms with van der Waals surface area (Å²) in [5, 5.41) is 8.65. The highest BCUT2D eigenvalue weighted by molar-refractivity contribution is 6.07. The van der Waals surface area contributed by atoms with Gasteiger partial charge in [-0.05, 0) is 98.6 Å². The van der Waals surface area contributed by atoms with Crippen molar-refractivity contribution in [3.05, 3.63) is 99.7 Å². The number of hydrogen-bond acceptors (Lipinski definition) is 3. The van der Waals surface area contributed by atoms with Crippen molar-refractivity contribution in [2.75, 3.05) is 0 Å². The molecule has 180 valence electrons. The number of allylic oxidation sites excluding steroid dienone is 4. The second kappa shape index (κ2) is 10.3. The average molecular weight is 474 g/mol. The Morgan fingerprint density at radius 2 is 1.94 bits per heavy atom. The van der Waals surface area contributed by atoms with E-state index in [4.69, 9.17) is 5.41 Å². The van der Waals surface area contributed by atoms with Gasteiger partial charge >= 0.3 is 0 Å². The molecule has 0 spiro atoms. The average Bonchev–Trinajstić information content (AvgIpc) is 3.20. The zero-order valence-corrected chi connectivity index (χ0v) is 20.9. The van der Waals surface area contributed by atoms with E-state index in [9.17, 15) is 4.79 Å². The summed E-state index contributed by atoms with van der Waals surface area (Å²) in [6.45, 7) is 3.84. The third-order valence-corrected chi connectivity index (χ3v) is 7.20. The number of nitrogens with one attached hydrogen (secondary N) is 2. The van der Waals surface area contributed by atoms with Gasteiger partial charge in [0.2, 0.25) is 0 Å². The molecule has 4 heteroatoms. The normalized spacial score (nSPS) is 14.6. The van der Waals surface area contributed by atoms with Crippen LogP contribution in [0.3, 0.4) is 0 Å². The molecule has 0 amide bonds. The predicted molar refractivity (Wildman–Crippen MR) is 148 cm³/mol. The van der Waals surface area contributed by atoms with Crippen molar-refractivity contribution in [3.8, 4) is 11.3 Å². The molecule has 36 heavy (non-hydrogen) atoms. The zero-order valence-electron chi connectivity index (χ0n) is 20.9. The first-order chi connectivity index (χ1) is 17.5. The maximum atomic E-state index is 12.8. The van der Waals surface area contributed by atoms with Gasteiger partial charge in [-0.25, -0.2) is 0 Å². The Bertz CT molecular complexity index is 1470. The number of carbonyl (C=O) groups excluding carboxylic acids is 1. The molecule has 0 unspecified atom stereocenters. The Labute approximate surface area is 212 Å². The maximum absolute atomic E-state index is 12.8. The third kappa shape index (κ3) is 5.00. The SMILES string of the molecule is Cc1nccc(C(=O)CCC(=N)C2=Cc3cc(-c4cccc(C5=CCCCC5)c4)[nH]c3C=C=C2)c1C. The number of benzene rings is 1. The van der Waals surface area contributed by atoms with Crippen LogP contribution >= 0.6 is 0 Å². The van der Waals surface area contributed by atoms with E-state index in [-0.39, 0.29) is 5.78 Å². The summed E-state index contributed by atoms with van der Waals surface area (Å²) in [4.78, 5) is 20.6. The minimum atomic E-state index is 0.0501. The molecule has 0 atom stereocenters. The summed E-state index contributed by atoms with van der Waals surface area (Å²) in [5.74, 6) is 0.0501. The molecule has 0 aliphatic heterocycles. The van der Waals surface area contributed by atoms with Crippen molar-refractivity contribution in [3.63, 3.8) is 0 Å². The molecular weight excluding hydrogens is 442 g/mol. The molecule has 0 bridgehead atoms. The number of aromatic amines is 1. The van der Waals surface area contributed by atoms with E-state index in [0.717, 1.165) is 45.8 Å². The van der Waals surface area contributed by atoms with E-state index < -0.39 is 0 Å². The van der Waals surface area contributed by atoms with Crippen LogP contribution in [0, 0.1) is 19.3 Å². The smallest absolute Gasteiger partial charge is 0.163 e. The van der Waals surface area contributed by atoms with E-state index in [1.54, 1.807) is 12.3 Å². The van der Waals surface area contributed by atoms with E-state index in [2.05, 4.69) is 52.1 Å². The minimum absolute atomic E-state index is 0.0501. The molecule has 0 saturated heterocycles. The standard InChI is InChI=1S/C32H31N3O/c1-21-22(2)34-17-16-28(21)32(36)15-14-29(33)25-11-7-13-30-27(19-25)20-31(35-30)26-12-6-10-24(18-26)23-8-4-3-5-9-23/h6,8,10-13,16-20,33,35H,3-5,9,14-15H2,1-2H3. The molecule has 2 aliphatic carbocycles. The van der Waals surface area contributed by atoms with Crippen molar-refractivity contribution in [1.29, 1.82) is 5.41 Å². The van der Waals surface area contributed by atoms with E-state index >= 15 is 0 Å². The molecule has 2 N–H and O–H groups in total. The van der Waals surface area contributed by atoms with Gasteiger partial charge in [0.25, 0.3) is 0 Å². The summed E-state index contributed by atoms with van der Waals surface area (Å²) in [6, 6.07) is 12.6. The Balaban J connectivity index is 1.34. The minimum Gasteiger partial charge on any atom is -0.354 e. The second-order valence-electron chi connectivity index (χ2n) is 9.63. The number of carbonyl (C=O) groups is 1. The number of fused-ring (bicyclic) bond motifs is 1. The summed E-state index contributed by atoms with van der Waals surface area (Å²) in [5.41, 5.74) is 13.9. The molecule has 5 rings (SSSR count). The molecule has 0 radical (unpaired) electrons. The van der Waals surface area contributed by atoms with Crippen molar-refractivity contribution >= 4 is 29.2 Å². The largest absolute Gasteiger partial charge is 0.354 e. The topological polar surface area (TPSA) is 69.6 Å². The van der Waals surface area contributed by atoms with Crippen LogP contribution in [0.5, 0.6) is 0 Å². The Morgan fingerprint density at radius 1 is 1.08 bits per heavy atom. The van der Waals surface area contributed by atoms with Gasteiger partial charge in [-0.3, -0.25) is 9.78 Å². The number of H-pyrrole nitrogens is 1. The summed E-state index contributed by atoms with van der Waals surface area (Å²) < 4.78 is 0. The number of aromatic nitrogens is 2. The molecule has 0 saturated carbocycles. The molecule has 1 aromatic carbocycles. The monoisotopic (exact) mass is 473 g/mol.